The van der Waals surface area contributed by atoms with Crippen molar-refractivity contribution in [3.05, 3.63) is 83.9 Å². The lowest BCUT2D eigenvalue weighted by Gasteiger charge is -2.23. The molecule has 0 spiro atoms. The highest BCUT2D eigenvalue weighted by Crippen LogP contribution is 2.44. The predicted molar refractivity (Wildman–Crippen MR) is 155 cm³/mol. The third kappa shape index (κ3) is 7.46. The van der Waals surface area contributed by atoms with Crippen LogP contribution >= 0.6 is 0 Å². The van der Waals surface area contributed by atoms with Gasteiger partial charge in [0.05, 0.1) is 5.92 Å². The minimum Gasteiger partial charge on any atom is -0.354 e. The van der Waals surface area contributed by atoms with Crippen LogP contribution in [0.25, 0.3) is 10.8 Å². The van der Waals surface area contributed by atoms with Gasteiger partial charge in [0.15, 0.2) is 0 Å². The Bertz CT molecular complexity index is 1380. The number of hydrogen-bond acceptors (Lipinski definition) is 4. The van der Waals surface area contributed by atoms with Crippen molar-refractivity contribution in [2.24, 2.45) is 5.92 Å². The van der Waals surface area contributed by atoms with Gasteiger partial charge in [0, 0.05) is 31.5 Å². The normalized spacial score (nSPS) is 18.0. The molecule has 1 fully saturated rings. The van der Waals surface area contributed by atoms with Crippen molar-refractivity contribution in [2.45, 2.75) is 64.1 Å². The van der Waals surface area contributed by atoms with E-state index in [4.69, 9.17) is 0 Å². The van der Waals surface area contributed by atoms with Crippen LogP contribution in [0.2, 0.25) is 0 Å². The van der Waals surface area contributed by atoms with E-state index in [1.165, 1.54) is 0 Å². The average Bonchev–Trinajstić information content (AvgIpc) is 3.66. The van der Waals surface area contributed by atoms with Crippen molar-refractivity contribution in [2.75, 3.05) is 6.54 Å². The highest BCUT2D eigenvalue weighted by molar-refractivity contribution is 6.02. The van der Waals surface area contributed by atoms with Crippen LogP contribution < -0.4 is 21.3 Å². The van der Waals surface area contributed by atoms with E-state index in [-0.39, 0.29) is 43.5 Å². The molecular formula is C32H38N4O4. The Hall–Kier alpha value is -4.20. The van der Waals surface area contributed by atoms with E-state index >= 15 is 0 Å². The molecule has 8 heteroatoms. The molecule has 0 aromatic heterocycles. The first-order valence-electron chi connectivity index (χ1n) is 13.8. The number of fused-ring (bicyclic) bond motifs is 1. The Kier molecular flexibility index (Phi) is 8.87. The van der Waals surface area contributed by atoms with Gasteiger partial charge in [-0.25, -0.2) is 0 Å². The maximum atomic E-state index is 13.3. The SMILES string of the molecule is CC(C)(C)NC(=O)[C@@H]1CC1(NC(=O)CCc1ccccc1)C(=O)NCCC(=O)NCc1cccc2ccccc12. The Morgan fingerprint density at radius 2 is 1.52 bits per heavy atom. The summed E-state index contributed by atoms with van der Waals surface area (Å²) in [6.07, 6.45) is 1.02. The van der Waals surface area contributed by atoms with E-state index in [0.717, 1.165) is 21.9 Å². The van der Waals surface area contributed by atoms with Crippen LogP contribution in [0.4, 0.5) is 0 Å². The third-order valence-electron chi connectivity index (χ3n) is 7.02. The van der Waals surface area contributed by atoms with Gasteiger partial charge < -0.3 is 21.3 Å². The molecule has 210 valence electrons. The van der Waals surface area contributed by atoms with Gasteiger partial charge in [0.1, 0.15) is 5.54 Å². The smallest absolute Gasteiger partial charge is 0.246 e. The number of carbonyl (C=O) groups excluding carboxylic acids is 4. The molecule has 4 N–H and O–H groups in total. The second-order valence-corrected chi connectivity index (χ2v) is 11.4. The minimum absolute atomic E-state index is 0.0768. The largest absolute Gasteiger partial charge is 0.354 e. The van der Waals surface area contributed by atoms with E-state index in [0.29, 0.717) is 13.0 Å². The molecular weight excluding hydrogens is 504 g/mol. The fourth-order valence-corrected chi connectivity index (χ4v) is 4.87. The van der Waals surface area contributed by atoms with Gasteiger partial charge in [-0.3, -0.25) is 19.2 Å². The number of aryl methyl sites for hydroxylation is 1. The number of hydrogen-bond donors (Lipinski definition) is 4. The number of rotatable bonds is 11. The van der Waals surface area contributed by atoms with Gasteiger partial charge in [-0.15, -0.1) is 0 Å². The van der Waals surface area contributed by atoms with Crippen LogP contribution in [-0.2, 0) is 32.1 Å². The second-order valence-electron chi connectivity index (χ2n) is 11.4. The molecule has 0 aliphatic heterocycles. The van der Waals surface area contributed by atoms with E-state index in [1.807, 2.05) is 93.6 Å². The van der Waals surface area contributed by atoms with Crippen LogP contribution in [0.15, 0.2) is 72.8 Å². The summed E-state index contributed by atoms with van der Waals surface area (Å²) in [5.74, 6) is -1.90. The highest BCUT2D eigenvalue weighted by Gasteiger charge is 2.64. The van der Waals surface area contributed by atoms with Gasteiger partial charge in [0.2, 0.25) is 23.6 Å². The topological polar surface area (TPSA) is 116 Å². The van der Waals surface area contributed by atoms with Crippen LogP contribution in [0.1, 0.15) is 51.2 Å². The van der Waals surface area contributed by atoms with Crippen LogP contribution in [-0.4, -0.2) is 41.3 Å². The lowest BCUT2D eigenvalue weighted by Crippen LogP contribution is -2.53. The molecule has 40 heavy (non-hydrogen) atoms. The predicted octanol–water partition coefficient (Wildman–Crippen LogP) is 3.38. The van der Waals surface area contributed by atoms with Crippen LogP contribution in [0, 0.1) is 5.92 Å². The molecule has 0 heterocycles. The zero-order valence-electron chi connectivity index (χ0n) is 23.4. The van der Waals surface area contributed by atoms with Gasteiger partial charge in [-0.2, -0.15) is 0 Å². The first-order chi connectivity index (χ1) is 19.1. The quantitative estimate of drug-likeness (QED) is 0.297. The molecule has 0 bridgehead atoms. The standard InChI is InChI=1S/C32H38N4O4/c1-31(2,3)36-29(39)26-20-32(26,35-28(38)17-16-22-10-5-4-6-11-22)30(40)33-19-18-27(37)34-21-24-14-9-13-23-12-7-8-15-25(23)24/h4-15,26H,16-21H2,1-3H3,(H,33,40)(H,34,37)(H,35,38)(H,36,39)/t26-,32?/m0/s1. The molecule has 0 saturated heterocycles. The molecule has 3 aromatic rings. The van der Waals surface area contributed by atoms with E-state index in [2.05, 4.69) is 21.3 Å². The molecule has 3 aromatic carbocycles. The second kappa shape index (κ2) is 12.3. The Morgan fingerprint density at radius 3 is 2.27 bits per heavy atom. The van der Waals surface area contributed by atoms with Gasteiger partial charge in [-0.1, -0.05) is 72.8 Å². The fourth-order valence-electron chi connectivity index (χ4n) is 4.87. The Balaban J connectivity index is 1.31. The number of amides is 4. The minimum atomic E-state index is -1.32. The summed E-state index contributed by atoms with van der Waals surface area (Å²) in [5, 5.41) is 13.6. The van der Waals surface area contributed by atoms with Gasteiger partial charge >= 0.3 is 0 Å². The fraction of sp³-hybridized carbons (Fsp3) is 0.375. The average molecular weight is 543 g/mol. The molecule has 1 saturated carbocycles. The summed E-state index contributed by atoms with van der Waals surface area (Å²) in [7, 11) is 0. The molecule has 0 radical (unpaired) electrons. The first-order valence-corrected chi connectivity index (χ1v) is 13.8. The summed E-state index contributed by atoms with van der Waals surface area (Å²) in [5.41, 5.74) is 0.242. The van der Waals surface area contributed by atoms with Crippen molar-refractivity contribution >= 4 is 34.4 Å². The molecule has 2 atom stereocenters. The number of nitrogens with one attached hydrogen (secondary N) is 4. The summed E-state index contributed by atoms with van der Waals surface area (Å²) in [6.45, 7) is 6.07. The maximum Gasteiger partial charge on any atom is 0.246 e. The molecule has 1 aliphatic carbocycles. The molecule has 1 aliphatic rings. The summed E-state index contributed by atoms with van der Waals surface area (Å²) < 4.78 is 0. The van der Waals surface area contributed by atoms with Crippen molar-refractivity contribution in [1.82, 2.24) is 21.3 Å². The monoisotopic (exact) mass is 542 g/mol. The van der Waals surface area contributed by atoms with Gasteiger partial charge in [-0.05, 0) is 55.5 Å². The Labute approximate surface area is 235 Å². The summed E-state index contributed by atoms with van der Waals surface area (Å²) in [4.78, 5) is 51.5. The van der Waals surface area contributed by atoms with Gasteiger partial charge in [0.25, 0.3) is 0 Å². The van der Waals surface area contributed by atoms with Crippen LogP contribution in [0.3, 0.4) is 0 Å². The molecule has 1 unspecified atom stereocenters. The zero-order chi connectivity index (χ0) is 28.8. The lowest BCUT2D eigenvalue weighted by molar-refractivity contribution is -0.133. The zero-order valence-corrected chi connectivity index (χ0v) is 23.4. The summed E-state index contributed by atoms with van der Waals surface area (Å²) >= 11 is 0. The van der Waals surface area contributed by atoms with Crippen molar-refractivity contribution in [3.63, 3.8) is 0 Å². The highest BCUT2D eigenvalue weighted by atomic mass is 16.2. The molecule has 4 amide bonds. The number of benzene rings is 3. The van der Waals surface area contributed by atoms with E-state index in [1.54, 1.807) is 0 Å². The molecule has 8 nitrogen and oxygen atoms in total. The van der Waals surface area contributed by atoms with E-state index < -0.39 is 22.9 Å². The van der Waals surface area contributed by atoms with Crippen molar-refractivity contribution in [3.8, 4) is 0 Å². The Morgan fingerprint density at radius 1 is 0.825 bits per heavy atom. The van der Waals surface area contributed by atoms with Crippen LogP contribution in [0.5, 0.6) is 0 Å². The third-order valence-corrected chi connectivity index (χ3v) is 7.02. The maximum absolute atomic E-state index is 13.3. The lowest BCUT2D eigenvalue weighted by atomic mass is 10.0. The number of carbonyl (C=O) groups is 4. The molecule has 4 rings (SSSR count). The first kappa shape index (κ1) is 28.8. The van der Waals surface area contributed by atoms with Crippen molar-refractivity contribution in [1.29, 1.82) is 0 Å². The van der Waals surface area contributed by atoms with E-state index in [9.17, 15) is 19.2 Å². The van der Waals surface area contributed by atoms with Crippen molar-refractivity contribution < 1.29 is 19.2 Å². The summed E-state index contributed by atoms with van der Waals surface area (Å²) in [6, 6.07) is 23.6.